The first-order valence-corrected chi connectivity index (χ1v) is 8.63. The molecule has 0 fully saturated rings. The third-order valence-electron chi connectivity index (χ3n) is 3.63. The van der Waals surface area contributed by atoms with Crippen molar-refractivity contribution in [2.24, 2.45) is 0 Å². The van der Waals surface area contributed by atoms with Gasteiger partial charge in [-0.15, -0.1) is 0 Å². The molecule has 0 unspecified atom stereocenters. The molecule has 0 amide bonds. The van der Waals surface area contributed by atoms with E-state index in [-0.39, 0.29) is 5.75 Å². The zero-order valence-electron chi connectivity index (χ0n) is 12.6. The number of benzene rings is 3. The summed E-state index contributed by atoms with van der Waals surface area (Å²) in [5, 5.41) is 11.9. The van der Waals surface area contributed by atoms with Gasteiger partial charge in [-0.1, -0.05) is 46.4 Å². The highest BCUT2D eigenvalue weighted by Gasteiger charge is 2.15. The van der Waals surface area contributed by atoms with E-state index in [1.807, 2.05) is 0 Å². The van der Waals surface area contributed by atoms with E-state index in [1.165, 1.54) is 12.1 Å². The number of hydrogen-bond donors (Lipinski definition) is 1. The van der Waals surface area contributed by atoms with Crippen LogP contribution in [0.4, 0.5) is 0 Å². The topological polar surface area (TPSA) is 37.3 Å². The summed E-state index contributed by atoms with van der Waals surface area (Å²) in [6.45, 7) is 0. The Morgan fingerprint density at radius 3 is 1.32 bits per heavy atom. The predicted molar refractivity (Wildman–Crippen MR) is 104 cm³/mol. The van der Waals surface area contributed by atoms with E-state index in [9.17, 15) is 9.90 Å². The summed E-state index contributed by atoms with van der Waals surface area (Å²) in [6, 6.07) is 12.8. The first kappa shape index (κ1) is 18.1. The van der Waals surface area contributed by atoms with Crippen LogP contribution < -0.4 is 0 Å². The molecule has 0 radical (unpaired) electrons. The highest BCUT2D eigenvalue weighted by atomic mass is 35.5. The lowest BCUT2D eigenvalue weighted by Crippen LogP contribution is -1.94. The van der Waals surface area contributed by atoms with E-state index in [0.29, 0.717) is 54.2 Å². The maximum atomic E-state index is 11.8. The second-order valence-corrected chi connectivity index (χ2v) is 7.13. The van der Waals surface area contributed by atoms with Crippen molar-refractivity contribution in [1.29, 1.82) is 0 Å². The molecule has 6 heteroatoms. The van der Waals surface area contributed by atoms with Gasteiger partial charge in [0, 0.05) is 25.7 Å². The van der Waals surface area contributed by atoms with Gasteiger partial charge in [0.05, 0.1) is 0 Å². The molecular formula is C19H10Cl4O2. The van der Waals surface area contributed by atoms with Gasteiger partial charge < -0.3 is 5.11 Å². The average Bonchev–Trinajstić information content (AvgIpc) is 2.52. The standard InChI is InChI=1S/C19H10Cl4O2/c20-12-1-10(2-13(21)5-12)17-7-16(25)8-18(19(17)9-24)11-3-14(22)6-15(23)4-11/h1-9,25H. The van der Waals surface area contributed by atoms with Crippen LogP contribution >= 0.6 is 46.4 Å². The fraction of sp³-hybridized carbons (Fsp3) is 0. The van der Waals surface area contributed by atoms with Gasteiger partial charge in [-0.05, 0) is 70.8 Å². The lowest BCUT2D eigenvalue weighted by molar-refractivity contribution is 0.112. The van der Waals surface area contributed by atoms with Gasteiger partial charge in [0.25, 0.3) is 0 Å². The van der Waals surface area contributed by atoms with Crippen molar-refractivity contribution in [3.63, 3.8) is 0 Å². The second kappa shape index (κ2) is 7.27. The van der Waals surface area contributed by atoms with Crippen molar-refractivity contribution in [2.75, 3.05) is 0 Å². The quantitative estimate of drug-likeness (QED) is 0.464. The van der Waals surface area contributed by atoms with Crippen LogP contribution in [0.5, 0.6) is 5.75 Å². The van der Waals surface area contributed by atoms with Gasteiger partial charge in [-0.3, -0.25) is 4.79 Å². The molecule has 25 heavy (non-hydrogen) atoms. The monoisotopic (exact) mass is 410 g/mol. The van der Waals surface area contributed by atoms with Crippen molar-refractivity contribution in [1.82, 2.24) is 0 Å². The van der Waals surface area contributed by atoms with Gasteiger partial charge in [0.2, 0.25) is 0 Å². The molecule has 0 aromatic heterocycles. The van der Waals surface area contributed by atoms with Crippen LogP contribution in [0, 0.1) is 0 Å². The number of halogens is 4. The predicted octanol–water partition coefficient (Wildman–Crippen LogP) is 7.15. The molecule has 2 nitrogen and oxygen atoms in total. The molecule has 0 bridgehead atoms. The number of carbonyl (C=O) groups is 1. The first-order chi connectivity index (χ1) is 11.9. The largest absolute Gasteiger partial charge is 0.508 e. The molecule has 3 aromatic rings. The molecule has 1 N–H and O–H groups in total. The van der Waals surface area contributed by atoms with Gasteiger partial charge in [0.1, 0.15) is 5.75 Å². The SMILES string of the molecule is O=Cc1c(-c2cc(Cl)cc(Cl)c2)cc(O)cc1-c1cc(Cl)cc(Cl)c1. The van der Waals surface area contributed by atoms with Gasteiger partial charge in [-0.25, -0.2) is 0 Å². The van der Waals surface area contributed by atoms with E-state index in [0.717, 1.165) is 0 Å². The zero-order chi connectivity index (χ0) is 18.1. The highest BCUT2D eigenvalue weighted by Crippen LogP contribution is 2.38. The Hall–Kier alpha value is -1.71. The molecule has 0 saturated heterocycles. The molecule has 0 aliphatic rings. The van der Waals surface area contributed by atoms with Crippen LogP contribution in [-0.2, 0) is 0 Å². The van der Waals surface area contributed by atoms with E-state index < -0.39 is 0 Å². The normalized spacial score (nSPS) is 10.7. The first-order valence-electron chi connectivity index (χ1n) is 7.12. The highest BCUT2D eigenvalue weighted by molar-refractivity contribution is 6.35. The molecule has 0 atom stereocenters. The average molecular weight is 412 g/mol. The van der Waals surface area contributed by atoms with Gasteiger partial charge >= 0.3 is 0 Å². The fourth-order valence-corrected chi connectivity index (χ4v) is 3.71. The van der Waals surface area contributed by atoms with E-state index in [1.54, 1.807) is 36.4 Å². The lowest BCUT2D eigenvalue weighted by atomic mass is 9.92. The molecular weight excluding hydrogens is 402 g/mol. The zero-order valence-corrected chi connectivity index (χ0v) is 15.6. The van der Waals surface area contributed by atoms with Crippen LogP contribution in [-0.4, -0.2) is 11.4 Å². The van der Waals surface area contributed by atoms with Gasteiger partial charge in [0.15, 0.2) is 6.29 Å². The minimum absolute atomic E-state index is 0.0113. The van der Waals surface area contributed by atoms with Crippen molar-refractivity contribution in [3.05, 3.63) is 74.2 Å². The second-order valence-electron chi connectivity index (χ2n) is 5.39. The van der Waals surface area contributed by atoms with Crippen LogP contribution in [0.3, 0.4) is 0 Å². The number of phenolic OH excluding ortho intramolecular Hbond substituents is 1. The molecule has 3 rings (SSSR count). The Bertz CT molecular complexity index is 870. The number of aldehydes is 1. The Morgan fingerprint density at radius 1 is 0.640 bits per heavy atom. The van der Waals surface area contributed by atoms with Crippen molar-refractivity contribution in [3.8, 4) is 28.0 Å². The molecule has 0 spiro atoms. The summed E-state index contributed by atoms with van der Waals surface area (Å²) in [5.74, 6) is -0.0113. The van der Waals surface area contributed by atoms with E-state index >= 15 is 0 Å². The van der Waals surface area contributed by atoms with Crippen molar-refractivity contribution < 1.29 is 9.90 Å². The molecule has 0 saturated carbocycles. The Morgan fingerprint density at radius 2 is 1.00 bits per heavy atom. The van der Waals surface area contributed by atoms with E-state index in [4.69, 9.17) is 46.4 Å². The molecule has 3 aromatic carbocycles. The fourth-order valence-electron chi connectivity index (χ4n) is 2.66. The summed E-state index contributed by atoms with van der Waals surface area (Å²) >= 11 is 24.3. The Labute approximate surface area is 164 Å². The summed E-state index contributed by atoms with van der Waals surface area (Å²) in [4.78, 5) is 11.8. The molecule has 0 aliphatic heterocycles. The number of phenols is 1. The van der Waals surface area contributed by atoms with Crippen LogP contribution in [0.15, 0.2) is 48.5 Å². The minimum Gasteiger partial charge on any atom is -0.508 e. The summed E-state index contributed by atoms with van der Waals surface area (Å²) in [5.41, 5.74) is 2.61. The number of rotatable bonds is 3. The number of hydrogen-bond acceptors (Lipinski definition) is 2. The van der Waals surface area contributed by atoms with Crippen LogP contribution in [0.2, 0.25) is 20.1 Å². The third kappa shape index (κ3) is 3.94. The summed E-state index contributed by atoms with van der Waals surface area (Å²) in [7, 11) is 0. The van der Waals surface area contributed by atoms with E-state index in [2.05, 4.69) is 0 Å². The summed E-state index contributed by atoms with van der Waals surface area (Å²) < 4.78 is 0. The maximum absolute atomic E-state index is 11.8. The van der Waals surface area contributed by atoms with Crippen LogP contribution in [0.1, 0.15) is 10.4 Å². The van der Waals surface area contributed by atoms with Crippen LogP contribution in [0.25, 0.3) is 22.3 Å². The molecule has 0 heterocycles. The Balaban J connectivity index is 2.31. The Kier molecular flexibility index (Phi) is 5.26. The smallest absolute Gasteiger partial charge is 0.151 e. The maximum Gasteiger partial charge on any atom is 0.151 e. The van der Waals surface area contributed by atoms with Crippen molar-refractivity contribution in [2.45, 2.75) is 0 Å². The van der Waals surface area contributed by atoms with Gasteiger partial charge in [-0.2, -0.15) is 0 Å². The lowest BCUT2D eigenvalue weighted by Gasteiger charge is -2.13. The minimum atomic E-state index is -0.0113. The number of carbonyl (C=O) groups excluding carboxylic acids is 1. The third-order valence-corrected chi connectivity index (χ3v) is 4.50. The molecule has 126 valence electrons. The number of aromatic hydroxyl groups is 1. The molecule has 0 aliphatic carbocycles. The summed E-state index contributed by atoms with van der Waals surface area (Å²) in [6.07, 6.45) is 0.716. The van der Waals surface area contributed by atoms with Crippen molar-refractivity contribution >= 4 is 52.7 Å².